The van der Waals surface area contributed by atoms with Gasteiger partial charge in [-0.2, -0.15) is 0 Å². The summed E-state index contributed by atoms with van der Waals surface area (Å²) < 4.78 is 13.0. The van der Waals surface area contributed by atoms with E-state index in [1.54, 1.807) is 0 Å². The lowest BCUT2D eigenvalue weighted by atomic mass is 9.43. The van der Waals surface area contributed by atoms with Gasteiger partial charge >= 0.3 is 0 Å². The zero-order chi connectivity index (χ0) is 19.7. The molecule has 5 aliphatic rings. The maximum Gasteiger partial charge on any atom is 0.174 e. The van der Waals surface area contributed by atoms with Crippen LogP contribution >= 0.6 is 0 Å². The predicted molar refractivity (Wildman–Crippen MR) is 106 cm³/mol. The van der Waals surface area contributed by atoms with Crippen LogP contribution in [0.25, 0.3) is 0 Å². The predicted octanol–water partition coefficient (Wildman–Crippen LogP) is 4.21. The van der Waals surface area contributed by atoms with Gasteiger partial charge in [-0.05, 0) is 81.0 Å². The average Bonchev–Trinajstić information content (AvgIpc) is 3.29. The van der Waals surface area contributed by atoms with E-state index < -0.39 is 5.79 Å². The molecule has 0 amide bonds. The molecule has 5 rings (SSSR count). The second-order valence-corrected chi connectivity index (χ2v) is 10.9. The summed E-state index contributed by atoms with van der Waals surface area (Å²) in [6.07, 6.45) is 8.62. The van der Waals surface area contributed by atoms with E-state index in [0.717, 1.165) is 37.8 Å². The molecule has 4 aliphatic carbocycles. The molecule has 0 aromatic carbocycles. The topological polar surface area (TPSA) is 71.3 Å². The first kappa shape index (κ1) is 19.3. The highest BCUT2D eigenvalue weighted by Gasteiger charge is 2.71. The number of oxime groups is 1. The van der Waals surface area contributed by atoms with Crippen molar-refractivity contribution in [3.05, 3.63) is 0 Å². The summed E-state index contributed by atoms with van der Waals surface area (Å²) in [7, 11) is 0. The minimum absolute atomic E-state index is 0.115. The first-order valence-corrected chi connectivity index (χ1v) is 11.5. The molecule has 28 heavy (non-hydrogen) atoms. The van der Waals surface area contributed by atoms with Gasteiger partial charge in [0.15, 0.2) is 5.79 Å². The van der Waals surface area contributed by atoms with Gasteiger partial charge in [0.1, 0.15) is 0 Å². The Morgan fingerprint density at radius 2 is 1.75 bits per heavy atom. The molecule has 0 aromatic rings. The van der Waals surface area contributed by atoms with E-state index >= 15 is 0 Å². The van der Waals surface area contributed by atoms with Crippen LogP contribution in [-0.4, -0.2) is 41.1 Å². The van der Waals surface area contributed by atoms with Gasteiger partial charge in [-0.1, -0.05) is 19.0 Å². The van der Waals surface area contributed by atoms with E-state index in [9.17, 15) is 10.3 Å². The van der Waals surface area contributed by atoms with Crippen LogP contribution < -0.4 is 0 Å². The largest absolute Gasteiger partial charge is 0.411 e. The molecule has 1 spiro atoms. The van der Waals surface area contributed by atoms with Crippen LogP contribution in [-0.2, 0) is 9.47 Å². The van der Waals surface area contributed by atoms with Gasteiger partial charge < -0.3 is 19.8 Å². The molecule has 8 atom stereocenters. The summed E-state index contributed by atoms with van der Waals surface area (Å²) in [6.45, 7) is 8.16. The molecule has 158 valence electrons. The van der Waals surface area contributed by atoms with Crippen molar-refractivity contribution in [2.45, 2.75) is 84.0 Å². The molecule has 5 heteroatoms. The Morgan fingerprint density at radius 1 is 1.00 bits per heavy atom. The summed E-state index contributed by atoms with van der Waals surface area (Å²) in [4.78, 5) is 0. The SMILES string of the molecule is CC(=NO)[C@@H]1CC[C@@H]2[C@H]3CC[C@H]4C[C@H](O)CC[C@]4(C)[C@@H]3CC3(OCCO3)[C@]21C. The highest BCUT2D eigenvalue weighted by Crippen LogP contribution is 2.71. The highest BCUT2D eigenvalue weighted by atomic mass is 16.7. The Balaban J connectivity index is 1.57. The fraction of sp³-hybridized carbons (Fsp3) is 0.957. The minimum Gasteiger partial charge on any atom is -0.411 e. The second-order valence-electron chi connectivity index (χ2n) is 10.9. The molecule has 0 unspecified atom stereocenters. The lowest BCUT2D eigenvalue weighted by molar-refractivity contribution is -0.306. The van der Waals surface area contributed by atoms with Gasteiger partial charge in [-0.3, -0.25) is 0 Å². The lowest BCUT2D eigenvalue weighted by Crippen LogP contribution is -2.65. The number of rotatable bonds is 1. The Kier molecular flexibility index (Phi) is 4.43. The van der Waals surface area contributed by atoms with E-state index in [-0.39, 0.29) is 22.9 Å². The van der Waals surface area contributed by atoms with E-state index in [4.69, 9.17) is 9.47 Å². The van der Waals surface area contributed by atoms with Gasteiger partial charge in [0, 0.05) is 17.8 Å². The summed E-state index contributed by atoms with van der Waals surface area (Å²) in [5.41, 5.74) is 0.991. The maximum absolute atomic E-state index is 10.3. The summed E-state index contributed by atoms with van der Waals surface area (Å²) in [5, 5.41) is 23.5. The third-order valence-electron chi connectivity index (χ3n) is 10.2. The van der Waals surface area contributed by atoms with Crippen LogP contribution in [0.1, 0.15) is 72.1 Å². The van der Waals surface area contributed by atoms with Crippen LogP contribution in [0, 0.1) is 40.4 Å². The number of hydrogen-bond donors (Lipinski definition) is 2. The molecule has 1 heterocycles. The first-order valence-electron chi connectivity index (χ1n) is 11.5. The van der Waals surface area contributed by atoms with Crippen molar-refractivity contribution < 1.29 is 19.8 Å². The monoisotopic (exact) mass is 391 g/mol. The van der Waals surface area contributed by atoms with Crippen LogP contribution in [0.4, 0.5) is 0 Å². The molecule has 5 fully saturated rings. The Morgan fingerprint density at radius 3 is 2.46 bits per heavy atom. The number of hydrogen-bond acceptors (Lipinski definition) is 5. The number of fused-ring (bicyclic) bond motifs is 6. The smallest absolute Gasteiger partial charge is 0.174 e. The van der Waals surface area contributed by atoms with Gasteiger partial charge in [-0.25, -0.2) is 0 Å². The molecule has 1 saturated heterocycles. The Labute approximate surface area is 168 Å². The fourth-order valence-corrected chi connectivity index (χ4v) is 8.80. The zero-order valence-corrected chi connectivity index (χ0v) is 17.7. The maximum atomic E-state index is 10.3. The summed E-state index contributed by atoms with van der Waals surface area (Å²) >= 11 is 0. The van der Waals surface area contributed by atoms with E-state index in [2.05, 4.69) is 19.0 Å². The van der Waals surface area contributed by atoms with E-state index in [1.165, 1.54) is 19.3 Å². The third-order valence-corrected chi connectivity index (χ3v) is 10.2. The number of ether oxygens (including phenoxy) is 2. The van der Waals surface area contributed by atoms with Gasteiger partial charge in [0.25, 0.3) is 0 Å². The summed E-state index contributed by atoms with van der Waals surface area (Å²) in [5.74, 6) is 2.14. The van der Waals surface area contributed by atoms with Crippen molar-refractivity contribution in [2.24, 2.45) is 45.6 Å². The molecule has 5 nitrogen and oxygen atoms in total. The van der Waals surface area contributed by atoms with Gasteiger partial charge in [0.05, 0.1) is 25.0 Å². The lowest BCUT2D eigenvalue weighted by Gasteiger charge is -2.64. The zero-order valence-electron chi connectivity index (χ0n) is 17.7. The highest BCUT2D eigenvalue weighted by molar-refractivity contribution is 5.85. The third kappa shape index (κ3) is 2.33. The van der Waals surface area contributed by atoms with Crippen LogP contribution in [0.3, 0.4) is 0 Å². The molecular formula is C23H37NO4. The van der Waals surface area contributed by atoms with Crippen molar-refractivity contribution in [1.82, 2.24) is 0 Å². The normalized spacial score (nSPS) is 52.9. The number of nitrogens with zero attached hydrogens (tertiary/aromatic N) is 1. The van der Waals surface area contributed by atoms with E-state index in [0.29, 0.717) is 36.9 Å². The Hall–Kier alpha value is -0.650. The number of aliphatic hydroxyl groups excluding tert-OH is 1. The molecule has 4 saturated carbocycles. The number of aliphatic hydroxyl groups is 1. The molecular weight excluding hydrogens is 354 g/mol. The second kappa shape index (κ2) is 6.42. The van der Waals surface area contributed by atoms with Crippen molar-refractivity contribution >= 4 is 5.71 Å². The fourth-order valence-electron chi connectivity index (χ4n) is 8.80. The molecule has 1 aliphatic heterocycles. The standard InChI is InChI=1S/C23H37NO4/c1-14(24-26)18-6-7-19-17-5-4-15-12-16(25)8-9-21(15,2)20(17)13-23(22(18,19)3)27-10-11-28-23/h15-20,25-26H,4-13H2,1-3H3/t15-,16+,17+,18-,19+,20+,21-,22-/m0/s1. The van der Waals surface area contributed by atoms with Crippen LogP contribution in [0.2, 0.25) is 0 Å². The van der Waals surface area contributed by atoms with Crippen molar-refractivity contribution in [3.8, 4) is 0 Å². The van der Waals surface area contributed by atoms with Gasteiger partial charge in [-0.15, -0.1) is 0 Å². The van der Waals surface area contributed by atoms with Crippen molar-refractivity contribution in [3.63, 3.8) is 0 Å². The molecule has 2 N–H and O–H groups in total. The summed E-state index contributed by atoms with van der Waals surface area (Å²) in [6, 6.07) is 0. The van der Waals surface area contributed by atoms with Crippen molar-refractivity contribution in [2.75, 3.05) is 13.2 Å². The molecule has 0 aromatic heterocycles. The molecule has 0 radical (unpaired) electrons. The average molecular weight is 392 g/mol. The molecule has 0 bridgehead atoms. The van der Waals surface area contributed by atoms with Gasteiger partial charge in [0.2, 0.25) is 0 Å². The minimum atomic E-state index is -0.549. The first-order chi connectivity index (χ1) is 13.4. The van der Waals surface area contributed by atoms with Crippen LogP contribution in [0.15, 0.2) is 5.16 Å². The van der Waals surface area contributed by atoms with E-state index in [1.807, 2.05) is 6.92 Å². The van der Waals surface area contributed by atoms with Crippen molar-refractivity contribution in [1.29, 1.82) is 0 Å². The van der Waals surface area contributed by atoms with Crippen LogP contribution in [0.5, 0.6) is 0 Å². The quantitative estimate of drug-likeness (QED) is 0.399. The Bertz CT molecular complexity index is 659.